The Kier molecular flexibility index (Phi) is 5.37. The fraction of sp³-hybridized carbons (Fsp3) is 0.231. The second kappa shape index (κ2) is 8.46. The predicted molar refractivity (Wildman–Crippen MR) is 122 cm³/mol. The Morgan fingerprint density at radius 2 is 1.55 bits per heavy atom. The molecule has 0 radical (unpaired) electrons. The summed E-state index contributed by atoms with van der Waals surface area (Å²) in [4.78, 5) is 2.44. The number of fused-ring (bicyclic) bond motifs is 1. The van der Waals surface area contributed by atoms with Gasteiger partial charge in [0.15, 0.2) is 0 Å². The van der Waals surface area contributed by atoms with E-state index in [1.54, 1.807) is 7.11 Å². The zero-order chi connectivity index (χ0) is 21.2. The molecule has 3 aromatic carbocycles. The molecule has 1 N–H and O–H groups in total. The van der Waals surface area contributed by atoms with Crippen LogP contribution in [0.25, 0.3) is 22.2 Å². The van der Waals surface area contributed by atoms with Crippen LogP contribution in [0.1, 0.15) is 17.2 Å². The lowest BCUT2D eigenvalue weighted by atomic mass is 9.92. The molecule has 1 fully saturated rings. The van der Waals surface area contributed by atoms with Crippen molar-refractivity contribution in [3.63, 3.8) is 0 Å². The van der Waals surface area contributed by atoms with E-state index in [0.717, 1.165) is 52.1 Å². The first-order valence-corrected chi connectivity index (χ1v) is 10.6. The van der Waals surface area contributed by atoms with Crippen molar-refractivity contribution < 1.29 is 14.7 Å². The van der Waals surface area contributed by atoms with Crippen LogP contribution in [0.5, 0.6) is 5.75 Å². The normalized spacial score (nSPS) is 15.8. The average Bonchev–Trinajstić information content (AvgIpc) is 3.13. The Hall–Kier alpha value is -3.28. The van der Waals surface area contributed by atoms with Crippen molar-refractivity contribution in [2.45, 2.75) is 6.04 Å². The molecular weight excluding hydrogens is 388 g/mol. The third-order valence-electron chi connectivity index (χ3n) is 6.05. The number of methoxy groups -OCH3 is 1. The van der Waals surface area contributed by atoms with E-state index in [0.29, 0.717) is 13.2 Å². The molecule has 0 unspecified atom stereocenters. The number of hydrogen-bond acceptors (Lipinski definition) is 4. The van der Waals surface area contributed by atoms with Crippen LogP contribution in [0, 0.1) is 0 Å². The lowest BCUT2D eigenvalue weighted by molar-refractivity contribution is 0.0241. The van der Waals surface area contributed by atoms with Gasteiger partial charge < -0.3 is 14.7 Å². The highest BCUT2D eigenvalue weighted by Gasteiger charge is 2.31. The molecular formula is C26H26N2O3. The second-order valence-corrected chi connectivity index (χ2v) is 7.78. The van der Waals surface area contributed by atoms with E-state index >= 15 is 0 Å². The lowest BCUT2D eigenvalue weighted by Crippen LogP contribution is -2.39. The number of rotatable bonds is 5. The summed E-state index contributed by atoms with van der Waals surface area (Å²) >= 11 is 0. The number of hydrogen-bond donors (Lipinski definition) is 1. The highest BCUT2D eigenvalue weighted by atomic mass is 16.5. The highest BCUT2D eigenvalue weighted by molar-refractivity contribution is 5.92. The third-order valence-corrected chi connectivity index (χ3v) is 6.05. The van der Waals surface area contributed by atoms with E-state index in [1.165, 1.54) is 4.73 Å². The Morgan fingerprint density at radius 3 is 2.26 bits per heavy atom. The van der Waals surface area contributed by atoms with Gasteiger partial charge in [0.1, 0.15) is 5.75 Å². The first-order chi connectivity index (χ1) is 15.3. The first-order valence-electron chi connectivity index (χ1n) is 10.6. The van der Waals surface area contributed by atoms with Crippen molar-refractivity contribution in [3.8, 4) is 17.0 Å². The summed E-state index contributed by atoms with van der Waals surface area (Å²) in [6, 6.07) is 26.4. The first kappa shape index (κ1) is 19.7. The Balaban J connectivity index is 1.78. The van der Waals surface area contributed by atoms with Crippen LogP contribution < -0.4 is 4.74 Å². The maximum atomic E-state index is 11.3. The maximum Gasteiger partial charge on any atom is 0.118 e. The number of ether oxygens (including phenoxy) is 2. The number of nitrogens with zero attached hydrogens (tertiary/aromatic N) is 2. The molecule has 1 aliphatic heterocycles. The Bertz CT molecular complexity index is 1160. The van der Waals surface area contributed by atoms with E-state index in [2.05, 4.69) is 35.2 Å². The molecule has 2 heterocycles. The SMILES string of the molecule is COc1ccc([C@@H](c2c(-c3ccccc3)n(O)c3ccccc23)N2CCOCC2)cc1. The predicted octanol–water partition coefficient (Wildman–Crippen LogP) is 4.98. The summed E-state index contributed by atoms with van der Waals surface area (Å²) < 4.78 is 12.4. The van der Waals surface area contributed by atoms with Crippen molar-refractivity contribution in [1.82, 2.24) is 9.63 Å². The smallest absolute Gasteiger partial charge is 0.118 e. The van der Waals surface area contributed by atoms with Crippen LogP contribution in [0.4, 0.5) is 0 Å². The van der Waals surface area contributed by atoms with E-state index in [1.807, 2.05) is 48.5 Å². The lowest BCUT2D eigenvalue weighted by Gasteiger charge is -2.35. The van der Waals surface area contributed by atoms with Crippen LogP contribution in [0.15, 0.2) is 78.9 Å². The molecule has 4 aromatic rings. The Labute approximate surface area is 182 Å². The minimum absolute atomic E-state index is 0.0247. The summed E-state index contributed by atoms with van der Waals surface area (Å²) in [6.45, 7) is 3.06. The van der Waals surface area contributed by atoms with Gasteiger partial charge >= 0.3 is 0 Å². The molecule has 0 bridgehead atoms. The average molecular weight is 415 g/mol. The molecule has 0 spiro atoms. The summed E-state index contributed by atoms with van der Waals surface area (Å²) in [6.07, 6.45) is 0. The van der Waals surface area contributed by atoms with Gasteiger partial charge in [-0.15, -0.1) is 0 Å². The van der Waals surface area contributed by atoms with Crippen molar-refractivity contribution in [2.75, 3.05) is 33.4 Å². The topological polar surface area (TPSA) is 46.9 Å². The van der Waals surface area contributed by atoms with Gasteiger partial charge in [0.25, 0.3) is 0 Å². The van der Waals surface area contributed by atoms with Gasteiger partial charge in [0.05, 0.1) is 37.6 Å². The van der Waals surface area contributed by atoms with E-state index in [4.69, 9.17) is 9.47 Å². The molecule has 158 valence electrons. The number of aromatic nitrogens is 1. The van der Waals surface area contributed by atoms with Gasteiger partial charge in [-0.3, -0.25) is 4.90 Å². The largest absolute Gasteiger partial charge is 0.497 e. The summed E-state index contributed by atoms with van der Waals surface area (Å²) in [5, 5.41) is 12.3. The monoisotopic (exact) mass is 414 g/mol. The molecule has 5 nitrogen and oxygen atoms in total. The summed E-state index contributed by atoms with van der Waals surface area (Å²) in [5.41, 5.74) is 4.90. The second-order valence-electron chi connectivity index (χ2n) is 7.78. The van der Waals surface area contributed by atoms with Gasteiger partial charge in [-0.25, -0.2) is 0 Å². The molecule has 0 saturated carbocycles. The third kappa shape index (κ3) is 3.56. The van der Waals surface area contributed by atoms with Crippen molar-refractivity contribution in [1.29, 1.82) is 0 Å². The molecule has 1 aliphatic rings. The summed E-state index contributed by atoms with van der Waals surface area (Å²) in [7, 11) is 1.68. The minimum atomic E-state index is -0.0247. The molecule has 5 rings (SSSR count). The van der Waals surface area contributed by atoms with E-state index < -0.39 is 0 Å². The fourth-order valence-corrected chi connectivity index (χ4v) is 4.58. The van der Waals surface area contributed by atoms with Gasteiger partial charge in [0.2, 0.25) is 0 Å². The van der Waals surface area contributed by atoms with Gasteiger partial charge in [0, 0.05) is 29.6 Å². The molecule has 1 aromatic heterocycles. The van der Waals surface area contributed by atoms with Gasteiger partial charge in [-0.1, -0.05) is 60.7 Å². The van der Waals surface area contributed by atoms with Gasteiger partial charge in [-0.05, 0) is 23.8 Å². The van der Waals surface area contributed by atoms with E-state index in [-0.39, 0.29) is 6.04 Å². The van der Waals surface area contributed by atoms with Crippen molar-refractivity contribution >= 4 is 10.9 Å². The maximum absolute atomic E-state index is 11.3. The molecule has 31 heavy (non-hydrogen) atoms. The number of para-hydroxylation sites is 1. The fourth-order valence-electron chi connectivity index (χ4n) is 4.58. The molecule has 1 saturated heterocycles. The zero-order valence-corrected chi connectivity index (χ0v) is 17.6. The zero-order valence-electron chi connectivity index (χ0n) is 17.6. The minimum Gasteiger partial charge on any atom is -0.497 e. The molecule has 0 amide bonds. The standard InChI is InChI=1S/C26H26N2O3/c1-30-21-13-11-20(12-14-21)25(27-15-17-31-18-16-27)24-22-9-5-6-10-23(22)28(29)26(24)19-7-3-2-4-8-19/h2-14,25,29H,15-18H2,1H3/t25-/m0/s1. The van der Waals surface area contributed by atoms with Crippen LogP contribution in [-0.4, -0.2) is 48.3 Å². The van der Waals surface area contributed by atoms with Crippen molar-refractivity contribution in [3.05, 3.63) is 90.0 Å². The van der Waals surface area contributed by atoms with Crippen molar-refractivity contribution in [2.24, 2.45) is 0 Å². The van der Waals surface area contributed by atoms with Crippen LogP contribution in [0.2, 0.25) is 0 Å². The molecule has 5 heteroatoms. The highest BCUT2D eigenvalue weighted by Crippen LogP contribution is 2.42. The number of benzene rings is 3. The van der Waals surface area contributed by atoms with Crippen LogP contribution >= 0.6 is 0 Å². The molecule has 1 atom stereocenters. The van der Waals surface area contributed by atoms with Crippen LogP contribution in [0.3, 0.4) is 0 Å². The molecule has 0 aliphatic carbocycles. The quantitative estimate of drug-likeness (QED) is 0.468. The Morgan fingerprint density at radius 1 is 0.871 bits per heavy atom. The van der Waals surface area contributed by atoms with Gasteiger partial charge in [-0.2, -0.15) is 4.73 Å². The van der Waals surface area contributed by atoms with Crippen LogP contribution in [-0.2, 0) is 4.74 Å². The summed E-state index contributed by atoms with van der Waals surface area (Å²) in [5.74, 6) is 0.831. The number of morpholine rings is 1. The van der Waals surface area contributed by atoms with E-state index in [9.17, 15) is 5.21 Å².